The Labute approximate surface area is 109 Å². The minimum absolute atomic E-state index is 0.186. The Bertz CT molecular complexity index is 692. The molecule has 1 aromatic heterocycles. The lowest BCUT2D eigenvalue weighted by Crippen LogP contribution is -2.19. The summed E-state index contributed by atoms with van der Waals surface area (Å²) in [5.74, 6) is -0.692. The molecule has 1 heterocycles. The summed E-state index contributed by atoms with van der Waals surface area (Å²) in [6, 6.07) is 6.91. The minimum atomic E-state index is -0.349. The first-order chi connectivity index (χ1) is 8.97. The van der Waals surface area contributed by atoms with Crippen LogP contribution in [0.2, 0.25) is 0 Å². The number of halogens is 1. The number of nitrogens with zero attached hydrogens (tertiary/aromatic N) is 1. The fraction of sp³-hybridized carbons (Fsp3) is 0.143. The summed E-state index contributed by atoms with van der Waals surface area (Å²) in [6.45, 7) is 1.71. The zero-order chi connectivity index (χ0) is 14.0. The standard InChI is InChI=1S/C14H13FN2O2/c1-9-7-11(15)4-5-12(9)16-14(19)10-3-6-13(18)17(2)8-10/h3-8H,1-2H3,(H,16,19). The van der Waals surface area contributed by atoms with Crippen molar-refractivity contribution in [3.05, 3.63) is 63.8 Å². The van der Waals surface area contributed by atoms with Crippen LogP contribution in [-0.2, 0) is 7.05 Å². The van der Waals surface area contributed by atoms with Crippen molar-refractivity contribution in [1.82, 2.24) is 4.57 Å². The van der Waals surface area contributed by atoms with Gasteiger partial charge in [0.1, 0.15) is 5.82 Å². The molecule has 0 saturated carbocycles. The highest BCUT2D eigenvalue weighted by atomic mass is 19.1. The van der Waals surface area contributed by atoms with Gasteiger partial charge in [-0.05, 0) is 36.8 Å². The molecule has 0 unspecified atom stereocenters. The molecular formula is C14H13FN2O2. The van der Waals surface area contributed by atoms with Crippen molar-refractivity contribution in [1.29, 1.82) is 0 Å². The number of aromatic nitrogens is 1. The number of carbonyl (C=O) groups excluding carboxylic acids is 1. The molecule has 1 N–H and O–H groups in total. The van der Waals surface area contributed by atoms with E-state index in [0.717, 1.165) is 0 Å². The van der Waals surface area contributed by atoms with E-state index in [9.17, 15) is 14.0 Å². The molecule has 5 heteroatoms. The normalized spacial score (nSPS) is 10.3. The van der Waals surface area contributed by atoms with E-state index in [1.54, 1.807) is 14.0 Å². The van der Waals surface area contributed by atoms with Gasteiger partial charge in [-0.25, -0.2) is 4.39 Å². The van der Waals surface area contributed by atoms with Gasteiger partial charge in [0, 0.05) is 25.0 Å². The molecule has 0 aliphatic heterocycles. The first-order valence-electron chi connectivity index (χ1n) is 5.71. The van der Waals surface area contributed by atoms with Crippen molar-refractivity contribution in [2.45, 2.75) is 6.92 Å². The Hall–Kier alpha value is -2.43. The van der Waals surface area contributed by atoms with Crippen molar-refractivity contribution in [3.8, 4) is 0 Å². The summed E-state index contributed by atoms with van der Waals surface area (Å²) >= 11 is 0. The van der Waals surface area contributed by atoms with Gasteiger partial charge in [-0.3, -0.25) is 9.59 Å². The maximum absolute atomic E-state index is 13.0. The summed E-state index contributed by atoms with van der Waals surface area (Å²) < 4.78 is 14.3. The molecule has 0 bridgehead atoms. The van der Waals surface area contributed by atoms with Gasteiger partial charge in [-0.2, -0.15) is 0 Å². The van der Waals surface area contributed by atoms with E-state index < -0.39 is 0 Å². The number of nitrogens with one attached hydrogen (secondary N) is 1. The van der Waals surface area contributed by atoms with E-state index in [1.807, 2.05) is 0 Å². The van der Waals surface area contributed by atoms with E-state index >= 15 is 0 Å². The molecule has 0 aliphatic rings. The monoisotopic (exact) mass is 260 g/mol. The average Bonchev–Trinajstić information content (AvgIpc) is 2.36. The lowest BCUT2D eigenvalue weighted by atomic mass is 10.2. The molecule has 0 radical (unpaired) electrons. The van der Waals surface area contributed by atoms with Crippen LogP contribution in [0.4, 0.5) is 10.1 Å². The molecule has 0 saturated heterocycles. The Morgan fingerprint density at radius 2 is 2.00 bits per heavy atom. The summed E-state index contributed by atoms with van der Waals surface area (Å²) in [5, 5.41) is 2.68. The van der Waals surface area contributed by atoms with Gasteiger partial charge < -0.3 is 9.88 Å². The Morgan fingerprint density at radius 1 is 1.26 bits per heavy atom. The van der Waals surface area contributed by atoms with E-state index in [2.05, 4.69) is 5.32 Å². The lowest BCUT2D eigenvalue weighted by molar-refractivity contribution is 0.102. The molecule has 0 spiro atoms. The molecule has 2 aromatic rings. The van der Waals surface area contributed by atoms with Gasteiger partial charge in [-0.15, -0.1) is 0 Å². The van der Waals surface area contributed by atoms with Crippen LogP contribution < -0.4 is 10.9 Å². The summed E-state index contributed by atoms with van der Waals surface area (Å²) in [6.07, 6.45) is 1.45. The Balaban J connectivity index is 2.25. The highest BCUT2D eigenvalue weighted by Crippen LogP contribution is 2.16. The number of hydrogen-bond donors (Lipinski definition) is 1. The molecule has 0 fully saturated rings. The molecule has 0 atom stereocenters. The molecule has 1 amide bonds. The van der Waals surface area contributed by atoms with Gasteiger partial charge in [0.2, 0.25) is 5.56 Å². The number of hydrogen-bond acceptors (Lipinski definition) is 2. The second-order valence-electron chi connectivity index (χ2n) is 4.28. The Kier molecular flexibility index (Phi) is 3.46. The first-order valence-corrected chi connectivity index (χ1v) is 5.71. The highest BCUT2D eigenvalue weighted by molar-refractivity contribution is 6.04. The molecule has 19 heavy (non-hydrogen) atoms. The van der Waals surface area contributed by atoms with Crippen LogP contribution in [0.25, 0.3) is 0 Å². The van der Waals surface area contributed by atoms with Crippen LogP contribution in [0.1, 0.15) is 15.9 Å². The lowest BCUT2D eigenvalue weighted by Gasteiger charge is -2.09. The number of aryl methyl sites for hydroxylation is 2. The quantitative estimate of drug-likeness (QED) is 0.898. The van der Waals surface area contributed by atoms with Gasteiger partial charge in [-0.1, -0.05) is 0 Å². The van der Waals surface area contributed by atoms with Crippen LogP contribution >= 0.6 is 0 Å². The third kappa shape index (κ3) is 2.88. The number of carbonyl (C=O) groups is 1. The molecular weight excluding hydrogens is 247 g/mol. The highest BCUT2D eigenvalue weighted by Gasteiger charge is 2.09. The third-order valence-corrected chi connectivity index (χ3v) is 2.78. The van der Waals surface area contributed by atoms with Crippen molar-refractivity contribution < 1.29 is 9.18 Å². The average molecular weight is 260 g/mol. The van der Waals surface area contributed by atoms with Crippen molar-refractivity contribution in [2.75, 3.05) is 5.32 Å². The topological polar surface area (TPSA) is 51.1 Å². The summed E-state index contributed by atoms with van der Waals surface area (Å²) in [4.78, 5) is 23.2. The van der Waals surface area contributed by atoms with Crippen LogP contribution in [0.15, 0.2) is 41.3 Å². The summed E-state index contributed by atoms with van der Waals surface area (Å²) in [7, 11) is 1.57. The number of amides is 1. The van der Waals surface area contributed by atoms with Gasteiger partial charge in [0.05, 0.1) is 5.56 Å². The fourth-order valence-corrected chi connectivity index (χ4v) is 1.69. The van der Waals surface area contributed by atoms with E-state index in [1.165, 1.54) is 41.1 Å². The van der Waals surface area contributed by atoms with Gasteiger partial charge >= 0.3 is 0 Å². The zero-order valence-electron chi connectivity index (χ0n) is 10.6. The maximum atomic E-state index is 13.0. The van der Waals surface area contributed by atoms with E-state index in [4.69, 9.17) is 0 Å². The van der Waals surface area contributed by atoms with Crippen LogP contribution in [0.3, 0.4) is 0 Å². The predicted octanol–water partition coefficient (Wildman–Crippen LogP) is 2.09. The molecule has 98 valence electrons. The van der Waals surface area contributed by atoms with Crippen LogP contribution in [-0.4, -0.2) is 10.5 Å². The number of rotatable bonds is 2. The van der Waals surface area contributed by atoms with Gasteiger partial charge in [0.15, 0.2) is 0 Å². The second-order valence-corrected chi connectivity index (χ2v) is 4.28. The van der Waals surface area contributed by atoms with Gasteiger partial charge in [0.25, 0.3) is 5.91 Å². The van der Waals surface area contributed by atoms with Crippen LogP contribution in [0, 0.1) is 12.7 Å². The third-order valence-electron chi connectivity index (χ3n) is 2.78. The van der Waals surface area contributed by atoms with Crippen molar-refractivity contribution in [2.24, 2.45) is 7.05 Å². The van der Waals surface area contributed by atoms with Crippen molar-refractivity contribution in [3.63, 3.8) is 0 Å². The summed E-state index contributed by atoms with van der Waals surface area (Å²) in [5.41, 5.74) is 1.36. The number of pyridine rings is 1. The predicted molar refractivity (Wildman–Crippen MR) is 70.8 cm³/mol. The van der Waals surface area contributed by atoms with E-state index in [0.29, 0.717) is 16.8 Å². The molecule has 1 aromatic carbocycles. The van der Waals surface area contributed by atoms with Crippen LogP contribution in [0.5, 0.6) is 0 Å². The molecule has 4 nitrogen and oxygen atoms in total. The fourth-order valence-electron chi connectivity index (χ4n) is 1.69. The maximum Gasteiger partial charge on any atom is 0.257 e. The number of benzene rings is 1. The molecule has 0 aliphatic carbocycles. The second kappa shape index (κ2) is 5.06. The minimum Gasteiger partial charge on any atom is -0.322 e. The number of anilines is 1. The zero-order valence-corrected chi connectivity index (χ0v) is 10.6. The SMILES string of the molecule is Cc1cc(F)ccc1NC(=O)c1ccc(=O)n(C)c1. The first kappa shape index (κ1) is 13.0. The van der Waals surface area contributed by atoms with E-state index in [-0.39, 0.29) is 17.3 Å². The molecule has 2 rings (SSSR count). The van der Waals surface area contributed by atoms with Crippen molar-refractivity contribution >= 4 is 11.6 Å². The Morgan fingerprint density at radius 3 is 2.63 bits per heavy atom. The smallest absolute Gasteiger partial charge is 0.257 e. The largest absolute Gasteiger partial charge is 0.322 e.